The van der Waals surface area contributed by atoms with E-state index < -0.39 is 0 Å². The Labute approximate surface area is 96.0 Å². The van der Waals surface area contributed by atoms with E-state index in [2.05, 4.69) is 31.2 Å². The number of anilines is 1. The van der Waals surface area contributed by atoms with Crippen LogP contribution in [0.3, 0.4) is 0 Å². The lowest BCUT2D eigenvalue weighted by Gasteiger charge is -2.23. The van der Waals surface area contributed by atoms with Crippen molar-refractivity contribution in [2.75, 3.05) is 5.32 Å². The summed E-state index contributed by atoms with van der Waals surface area (Å²) >= 11 is 0. The van der Waals surface area contributed by atoms with Crippen molar-refractivity contribution in [2.24, 2.45) is 13.0 Å². The summed E-state index contributed by atoms with van der Waals surface area (Å²) in [4.78, 5) is 11.6. The van der Waals surface area contributed by atoms with Crippen LogP contribution in [0.4, 0.5) is 5.82 Å². The van der Waals surface area contributed by atoms with Crippen molar-refractivity contribution in [3.8, 4) is 0 Å². The highest BCUT2D eigenvalue weighted by Gasteiger charge is 2.32. The molecule has 16 heavy (non-hydrogen) atoms. The van der Waals surface area contributed by atoms with E-state index >= 15 is 0 Å². The summed E-state index contributed by atoms with van der Waals surface area (Å²) in [5.74, 6) is 1.00. The first-order chi connectivity index (χ1) is 7.30. The van der Waals surface area contributed by atoms with Crippen molar-refractivity contribution < 1.29 is 4.79 Å². The van der Waals surface area contributed by atoms with E-state index in [9.17, 15) is 4.79 Å². The number of hydrogen-bond acceptors (Lipinski definition) is 2. The molecular formula is C12H19N3O. The van der Waals surface area contributed by atoms with Crippen molar-refractivity contribution in [3.05, 3.63) is 11.3 Å². The third-order valence-electron chi connectivity index (χ3n) is 3.06. The summed E-state index contributed by atoms with van der Waals surface area (Å²) < 4.78 is 1.78. The Bertz CT molecular complexity index is 440. The van der Waals surface area contributed by atoms with Crippen LogP contribution in [-0.4, -0.2) is 15.7 Å². The molecule has 1 unspecified atom stereocenters. The smallest absolute Gasteiger partial charge is 0.228 e. The molecule has 2 heterocycles. The molecular weight excluding hydrogens is 202 g/mol. The first-order valence-corrected chi connectivity index (χ1v) is 5.68. The summed E-state index contributed by atoms with van der Waals surface area (Å²) in [7, 11) is 1.88. The minimum atomic E-state index is 0.0210. The predicted molar refractivity (Wildman–Crippen MR) is 63.4 cm³/mol. The summed E-state index contributed by atoms with van der Waals surface area (Å²) in [6.07, 6.45) is 0.793. The molecule has 4 heteroatoms. The van der Waals surface area contributed by atoms with Crippen LogP contribution in [-0.2, 0) is 23.7 Å². The lowest BCUT2D eigenvalue weighted by molar-refractivity contribution is -0.119. The van der Waals surface area contributed by atoms with Gasteiger partial charge in [-0.2, -0.15) is 5.10 Å². The fourth-order valence-corrected chi connectivity index (χ4v) is 2.16. The number of fused-ring (bicyclic) bond motifs is 1. The van der Waals surface area contributed by atoms with Crippen molar-refractivity contribution in [1.82, 2.24) is 9.78 Å². The second kappa shape index (κ2) is 3.34. The van der Waals surface area contributed by atoms with E-state index in [1.54, 1.807) is 4.68 Å². The van der Waals surface area contributed by atoms with E-state index in [0.717, 1.165) is 17.9 Å². The zero-order chi connectivity index (χ0) is 12.1. The van der Waals surface area contributed by atoms with Gasteiger partial charge in [0.15, 0.2) is 0 Å². The molecule has 2 rings (SSSR count). The van der Waals surface area contributed by atoms with Crippen LogP contribution >= 0.6 is 0 Å². The molecule has 0 aliphatic carbocycles. The molecule has 0 radical (unpaired) electrons. The average Bonchev–Trinajstić information content (AvgIpc) is 2.45. The second-order valence-corrected chi connectivity index (χ2v) is 5.64. The Kier molecular flexibility index (Phi) is 2.33. The van der Waals surface area contributed by atoms with Gasteiger partial charge < -0.3 is 5.32 Å². The molecule has 1 atom stereocenters. The summed E-state index contributed by atoms with van der Waals surface area (Å²) in [6, 6.07) is 0. The van der Waals surface area contributed by atoms with Gasteiger partial charge in [0.05, 0.1) is 5.69 Å². The quantitative estimate of drug-likeness (QED) is 0.726. The van der Waals surface area contributed by atoms with Gasteiger partial charge in [-0.05, 0) is 6.42 Å². The molecule has 1 aliphatic rings. The number of nitrogens with one attached hydrogen (secondary N) is 1. The zero-order valence-corrected chi connectivity index (χ0v) is 10.6. The van der Waals surface area contributed by atoms with Gasteiger partial charge in [-0.3, -0.25) is 9.48 Å². The molecule has 1 aliphatic heterocycles. The Hall–Kier alpha value is -1.32. The van der Waals surface area contributed by atoms with Crippen LogP contribution in [0.25, 0.3) is 0 Å². The van der Waals surface area contributed by atoms with Crippen LogP contribution in [0.15, 0.2) is 0 Å². The largest absolute Gasteiger partial charge is 0.310 e. The van der Waals surface area contributed by atoms with Crippen LogP contribution < -0.4 is 5.32 Å². The molecule has 0 spiro atoms. The first kappa shape index (κ1) is 11.2. The van der Waals surface area contributed by atoms with E-state index in [4.69, 9.17) is 0 Å². The number of nitrogens with zero attached hydrogens (tertiary/aromatic N) is 2. The van der Waals surface area contributed by atoms with Crippen LogP contribution in [0, 0.1) is 5.92 Å². The predicted octanol–water partition coefficient (Wildman–Crippen LogP) is 1.85. The molecule has 88 valence electrons. The van der Waals surface area contributed by atoms with Crippen molar-refractivity contribution >= 4 is 11.7 Å². The van der Waals surface area contributed by atoms with Gasteiger partial charge in [0.2, 0.25) is 5.91 Å². The summed E-state index contributed by atoms with van der Waals surface area (Å²) in [6.45, 7) is 8.40. The molecule has 1 N–H and O–H groups in total. The Morgan fingerprint density at radius 3 is 2.62 bits per heavy atom. The molecule has 0 fully saturated rings. The van der Waals surface area contributed by atoms with Gasteiger partial charge in [-0.25, -0.2) is 0 Å². The van der Waals surface area contributed by atoms with E-state index in [1.165, 1.54) is 5.56 Å². The van der Waals surface area contributed by atoms with Gasteiger partial charge in [0.25, 0.3) is 0 Å². The number of hydrogen-bond donors (Lipinski definition) is 1. The van der Waals surface area contributed by atoms with Gasteiger partial charge >= 0.3 is 0 Å². The Balaban J connectivity index is 2.54. The summed E-state index contributed by atoms with van der Waals surface area (Å²) in [5, 5.41) is 7.47. The molecule has 0 bridgehead atoms. The number of carbonyl (C=O) groups excluding carboxylic acids is 1. The van der Waals surface area contributed by atoms with E-state index in [1.807, 2.05) is 14.0 Å². The second-order valence-electron chi connectivity index (χ2n) is 5.64. The van der Waals surface area contributed by atoms with Gasteiger partial charge in [-0.1, -0.05) is 27.7 Å². The third kappa shape index (κ3) is 1.62. The summed E-state index contributed by atoms with van der Waals surface area (Å²) in [5.41, 5.74) is 2.31. The Morgan fingerprint density at radius 1 is 1.44 bits per heavy atom. The molecule has 1 aromatic heterocycles. The molecule has 1 aromatic rings. The van der Waals surface area contributed by atoms with E-state index in [0.29, 0.717) is 0 Å². The topological polar surface area (TPSA) is 46.9 Å². The molecule has 0 saturated heterocycles. The number of carbonyl (C=O) groups is 1. The molecule has 0 aromatic carbocycles. The number of rotatable bonds is 0. The molecule has 0 saturated carbocycles. The zero-order valence-electron chi connectivity index (χ0n) is 10.6. The number of aromatic nitrogens is 2. The van der Waals surface area contributed by atoms with Gasteiger partial charge in [0.1, 0.15) is 5.82 Å². The Morgan fingerprint density at radius 2 is 2.06 bits per heavy atom. The lowest BCUT2D eigenvalue weighted by atomic mass is 9.85. The molecule has 4 nitrogen and oxygen atoms in total. The maximum Gasteiger partial charge on any atom is 0.228 e. The fraction of sp³-hybridized carbons (Fsp3) is 0.667. The average molecular weight is 221 g/mol. The standard InChI is InChI=1S/C12H19N3O/c1-7-6-8-9(12(2,3)4)14-15(5)10(8)13-11(7)16/h7H,6H2,1-5H3,(H,13,16). The van der Waals surface area contributed by atoms with Gasteiger partial charge in [-0.15, -0.1) is 0 Å². The highest BCUT2D eigenvalue weighted by molar-refractivity contribution is 5.94. The maximum atomic E-state index is 11.6. The minimum Gasteiger partial charge on any atom is -0.310 e. The van der Waals surface area contributed by atoms with Crippen molar-refractivity contribution in [1.29, 1.82) is 0 Å². The SMILES string of the molecule is CC1Cc2c(C(C)(C)C)nn(C)c2NC1=O. The van der Waals surface area contributed by atoms with E-state index in [-0.39, 0.29) is 17.2 Å². The first-order valence-electron chi connectivity index (χ1n) is 5.68. The normalized spacial score (nSPS) is 20.6. The maximum absolute atomic E-state index is 11.6. The third-order valence-corrected chi connectivity index (χ3v) is 3.06. The van der Waals surface area contributed by atoms with Gasteiger partial charge in [0, 0.05) is 23.9 Å². The van der Waals surface area contributed by atoms with Crippen LogP contribution in [0.2, 0.25) is 0 Å². The highest BCUT2D eigenvalue weighted by Crippen LogP contribution is 2.34. The van der Waals surface area contributed by atoms with Crippen LogP contribution in [0.5, 0.6) is 0 Å². The fourth-order valence-electron chi connectivity index (χ4n) is 2.16. The lowest BCUT2D eigenvalue weighted by Crippen LogP contribution is -2.29. The molecule has 1 amide bonds. The highest BCUT2D eigenvalue weighted by atomic mass is 16.2. The number of amides is 1. The van der Waals surface area contributed by atoms with Crippen LogP contribution in [0.1, 0.15) is 39.0 Å². The van der Waals surface area contributed by atoms with Crippen molar-refractivity contribution in [2.45, 2.75) is 39.5 Å². The monoisotopic (exact) mass is 221 g/mol. The van der Waals surface area contributed by atoms with Crippen molar-refractivity contribution in [3.63, 3.8) is 0 Å². The minimum absolute atomic E-state index is 0.0210. The number of aryl methyl sites for hydroxylation is 1.